The van der Waals surface area contributed by atoms with Crippen LogP contribution in [0, 0.1) is 0 Å². The second-order valence-electron chi connectivity index (χ2n) is 4.42. The van der Waals surface area contributed by atoms with Gasteiger partial charge in [0.25, 0.3) is 0 Å². The van der Waals surface area contributed by atoms with Crippen molar-refractivity contribution in [3.8, 4) is 5.75 Å². The van der Waals surface area contributed by atoms with Crippen LogP contribution in [0.25, 0.3) is 0 Å². The molecular formula is C16H20N2O. The first-order chi connectivity index (χ1) is 9.29. The fraction of sp³-hybridized carbons (Fsp3) is 0.250. The summed E-state index contributed by atoms with van der Waals surface area (Å²) >= 11 is 0. The van der Waals surface area contributed by atoms with Crippen molar-refractivity contribution in [2.45, 2.75) is 20.1 Å². The third-order valence-corrected chi connectivity index (χ3v) is 2.89. The molecule has 0 unspecified atom stereocenters. The molecule has 0 atom stereocenters. The minimum atomic E-state index is 0.573. The van der Waals surface area contributed by atoms with E-state index < -0.39 is 0 Å². The second kappa shape index (κ2) is 6.81. The van der Waals surface area contributed by atoms with Gasteiger partial charge in [-0.15, -0.1) is 0 Å². The van der Waals surface area contributed by atoms with E-state index in [9.17, 15) is 0 Å². The topological polar surface area (TPSA) is 47.3 Å². The van der Waals surface area contributed by atoms with Crippen molar-refractivity contribution >= 4 is 5.69 Å². The summed E-state index contributed by atoms with van der Waals surface area (Å²) < 4.78 is 5.88. The van der Waals surface area contributed by atoms with E-state index in [2.05, 4.69) is 24.4 Å². The lowest BCUT2D eigenvalue weighted by atomic mass is 10.1. The van der Waals surface area contributed by atoms with E-state index in [1.165, 1.54) is 0 Å². The lowest BCUT2D eigenvalue weighted by Crippen LogP contribution is -2.13. The SMILES string of the molecule is CCNCc1cc(N)ccc1OCc1ccccc1. The van der Waals surface area contributed by atoms with Crippen LogP contribution in [0.3, 0.4) is 0 Å². The largest absolute Gasteiger partial charge is 0.489 e. The van der Waals surface area contributed by atoms with E-state index in [0.717, 1.165) is 35.7 Å². The zero-order valence-corrected chi connectivity index (χ0v) is 11.2. The highest BCUT2D eigenvalue weighted by Gasteiger charge is 2.04. The summed E-state index contributed by atoms with van der Waals surface area (Å²) in [4.78, 5) is 0. The molecule has 0 spiro atoms. The number of anilines is 1. The summed E-state index contributed by atoms with van der Waals surface area (Å²) in [6, 6.07) is 15.9. The Bertz CT molecular complexity index is 511. The van der Waals surface area contributed by atoms with Crippen molar-refractivity contribution in [1.82, 2.24) is 5.32 Å². The first-order valence-corrected chi connectivity index (χ1v) is 6.55. The number of nitrogens with two attached hydrogens (primary N) is 1. The molecule has 19 heavy (non-hydrogen) atoms. The Morgan fingerprint density at radius 2 is 1.89 bits per heavy atom. The smallest absolute Gasteiger partial charge is 0.124 e. The van der Waals surface area contributed by atoms with Crippen LogP contribution in [0.15, 0.2) is 48.5 Å². The molecule has 2 aromatic carbocycles. The average Bonchev–Trinajstić information content (AvgIpc) is 2.45. The van der Waals surface area contributed by atoms with Gasteiger partial charge in [0.2, 0.25) is 0 Å². The monoisotopic (exact) mass is 256 g/mol. The van der Waals surface area contributed by atoms with E-state index in [-0.39, 0.29) is 0 Å². The number of hydrogen-bond donors (Lipinski definition) is 2. The predicted molar refractivity (Wildman–Crippen MR) is 79.0 cm³/mol. The standard InChI is InChI=1S/C16H20N2O/c1-2-18-11-14-10-15(17)8-9-16(14)19-12-13-6-4-3-5-7-13/h3-10,18H,2,11-12,17H2,1H3. The Morgan fingerprint density at radius 3 is 2.63 bits per heavy atom. The summed E-state index contributed by atoms with van der Waals surface area (Å²) in [7, 11) is 0. The van der Waals surface area contributed by atoms with Gasteiger partial charge in [-0.05, 0) is 30.3 Å². The third-order valence-electron chi connectivity index (χ3n) is 2.89. The van der Waals surface area contributed by atoms with Crippen molar-refractivity contribution in [2.75, 3.05) is 12.3 Å². The van der Waals surface area contributed by atoms with E-state index in [1.807, 2.05) is 36.4 Å². The molecule has 0 heterocycles. The minimum Gasteiger partial charge on any atom is -0.489 e. The van der Waals surface area contributed by atoms with E-state index in [1.54, 1.807) is 0 Å². The van der Waals surface area contributed by atoms with Crippen LogP contribution in [0.2, 0.25) is 0 Å². The van der Waals surface area contributed by atoms with Crippen LogP contribution in [-0.2, 0) is 13.2 Å². The molecule has 3 nitrogen and oxygen atoms in total. The number of rotatable bonds is 6. The maximum atomic E-state index is 5.88. The molecule has 0 fully saturated rings. The summed E-state index contributed by atoms with van der Waals surface area (Å²) in [5.41, 5.74) is 8.84. The van der Waals surface area contributed by atoms with Crippen LogP contribution >= 0.6 is 0 Å². The van der Waals surface area contributed by atoms with Gasteiger partial charge in [0.05, 0.1) is 0 Å². The number of ether oxygens (including phenoxy) is 1. The maximum absolute atomic E-state index is 5.88. The minimum absolute atomic E-state index is 0.573. The summed E-state index contributed by atoms with van der Waals surface area (Å²) in [5.74, 6) is 0.888. The quantitative estimate of drug-likeness (QED) is 0.781. The van der Waals surface area contributed by atoms with Crippen molar-refractivity contribution in [3.05, 3.63) is 59.7 Å². The van der Waals surface area contributed by atoms with Gasteiger partial charge in [-0.25, -0.2) is 0 Å². The van der Waals surface area contributed by atoms with Gasteiger partial charge in [0.1, 0.15) is 12.4 Å². The Balaban J connectivity index is 2.06. The second-order valence-corrected chi connectivity index (χ2v) is 4.42. The molecule has 100 valence electrons. The van der Waals surface area contributed by atoms with Gasteiger partial charge < -0.3 is 15.8 Å². The average molecular weight is 256 g/mol. The van der Waals surface area contributed by atoms with Crippen LogP contribution in [0.1, 0.15) is 18.1 Å². The number of hydrogen-bond acceptors (Lipinski definition) is 3. The van der Waals surface area contributed by atoms with E-state index in [4.69, 9.17) is 10.5 Å². The molecule has 0 radical (unpaired) electrons. The van der Waals surface area contributed by atoms with Gasteiger partial charge in [-0.3, -0.25) is 0 Å². The van der Waals surface area contributed by atoms with Crippen LogP contribution in [-0.4, -0.2) is 6.54 Å². The number of nitrogens with one attached hydrogen (secondary N) is 1. The molecule has 0 aromatic heterocycles. The highest BCUT2D eigenvalue weighted by Crippen LogP contribution is 2.22. The first kappa shape index (κ1) is 13.4. The van der Waals surface area contributed by atoms with Gasteiger partial charge >= 0.3 is 0 Å². The molecule has 2 rings (SSSR count). The first-order valence-electron chi connectivity index (χ1n) is 6.55. The fourth-order valence-electron chi connectivity index (χ4n) is 1.87. The van der Waals surface area contributed by atoms with Crippen molar-refractivity contribution in [3.63, 3.8) is 0 Å². The Hall–Kier alpha value is -2.00. The Kier molecular flexibility index (Phi) is 4.81. The fourth-order valence-corrected chi connectivity index (χ4v) is 1.87. The molecule has 0 saturated heterocycles. The summed E-state index contributed by atoms with van der Waals surface area (Å²) in [5, 5.41) is 3.29. The Labute approximate surface area is 114 Å². The van der Waals surface area contributed by atoms with Crippen LogP contribution < -0.4 is 15.8 Å². The number of benzene rings is 2. The molecule has 2 aromatic rings. The van der Waals surface area contributed by atoms with Crippen LogP contribution in [0.4, 0.5) is 5.69 Å². The molecular weight excluding hydrogens is 236 g/mol. The number of nitrogen functional groups attached to an aromatic ring is 1. The molecule has 0 saturated carbocycles. The van der Waals surface area contributed by atoms with Crippen molar-refractivity contribution in [1.29, 1.82) is 0 Å². The molecule has 0 aliphatic rings. The molecule has 0 aliphatic heterocycles. The predicted octanol–water partition coefficient (Wildman–Crippen LogP) is 2.96. The van der Waals surface area contributed by atoms with E-state index >= 15 is 0 Å². The molecule has 0 amide bonds. The normalized spacial score (nSPS) is 10.4. The highest BCUT2D eigenvalue weighted by molar-refractivity contribution is 5.47. The van der Waals surface area contributed by atoms with E-state index in [0.29, 0.717) is 6.61 Å². The van der Waals surface area contributed by atoms with Crippen molar-refractivity contribution in [2.24, 2.45) is 0 Å². The van der Waals surface area contributed by atoms with Gasteiger partial charge in [-0.2, -0.15) is 0 Å². The molecule has 0 aliphatic carbocycles. The molecule has 0 bridgehead atoms. The highest BCUT2D eigenvalue weighted by atomic mass is 16.5. The molecule has 3 heteroatoms. The summed E-state index contributed by atoms with van der Waals surface area (Å²) in [6.45, 7) is 4.35. The molecule has 3 N–H and O–H groups in total. The maximum Gasteiger partial charge on any atom is 0.124 e. The zero-order chi connectivity index (χ0) is 13.5. The van der Waals surface area contributed by atoms with Crippen LogP contribution in [0.5, 0.6) is 5.75 Å². The zero-order valence-electron chi connectivity index (χ0n) is 11.2. The third kappa shape index (κ3) is 4.00. The van der Waals surface area contributed by atoms with Gasteiger partial charge in [-0.1, -0.05) is 37.3 Å². The van der Waals surface area contributed by atoms with Gasteiger partial charge in [0, 0.05) is 17.8 Å². The lowest BCUT2D eigenvalue weighted by Gasteiger charge is -2.12. The summed E-state index contributed by atoms with van der Waals surface area (Å²) in [6.07, 6.45) is 0. The Morgan fingerprint density at radius 1 is 1.11 bits per heavy atom. The van der Waals surface area contributed by atoms with Crippen molar-refractivity contribution < 1.29 is 4.74 Å². The van der Waals surface area contributed by atoms with Gasteiger partial charge in [0.15, 0.2) is 0 Å². The lowest BCUT2D eigenvalue weighted by molar-refractivity contribution is 0.302.